The third kappa shape index (κ3) is 5.02. The van der Waals surface area contributed by atoms with Gasteiger partial charge in [-0.05, 0) is 70.8 Å². The van der Waals surface area contributed by atoms with Crippen molar-refractivity contribution in [3.05, 3.63) is 89.8 Å². The van der Waals surface area contributed by atoms with Crippen molar-refractivity contribution < 1.29 is 35.8 Å². The summed E-state index contributed by atoms with van der Waals surface area (Å²) in [4.78, 5) is 8.22. The Kier molecular flexibility index (Phi) is 6.40. The highest BCUT2D eigenvalue weighted by Crippen LogP contribution is 2.53. The molecule has 12 heteroatoms. The summed E-state index contributed by atoms with van der Waals surface area (Å²) >= 11 is 0. The average molecular weight is 550 g/mol. The lowest BCUT2D eigenvalue weighted by Gasteiger charge is -2.16. The first kappa shape index (κ1) is 26.3. The molecule has 1 aliphatic carbocycles. The summed E-state index contributed by atoms with van der Waals surface area (Å²) in [5, 5.41) is 19.3. The van der Waals surface area contributed by atoms with Crippen LogP contribution in [-0.2, 0) is 0 Å². The molecule has 0 amide bonds. The van der Waals surface area contributed by atoms with E-state index in [0.29, 0.717) is 0 Å². The zero-order valence-corrected chi connectivity index (χ0v) is 19.8. The van der Waals surface area contributed by atoms with Crippen molar-refractivity contribution in [2.24, 2.45) is 0 Å². The van der Waals surface area contributed by atoms with Crippen LogP contribution in [0.4, 0.5) is 26.3 Å². The first-order valence-electron chi connectivity index (χ1n) is 11.2. The minimum Gasteiger partial charge on any atom is -0.405 e. The maximum absolute atomic E-state index is 13.4. The highest BCUT2D eigenvalue weighted by atomic mass is 19.4. The molecule has 0 spiro atoms. The maximum atomic E-state index is 13.4. The fourth-order valence-electron chi connectivity index (χ4n) is 4.43. The molecular formula is C28H12F6N4O2. The Balaban J connectivity index is 1.87. The predicted molar refractivity (Wildman–Crippen MR) is 129 cm³/mol. The van der Waals surface area contributed by atoms with Gasteiger partial charge in [-0.25, -0.2) is 0 Å². The van der Waals surface area contributed by atoms with Crippen molar-refractivity contribution in [2.45, 2.75) is 12.7 Å². The molecule has 0 saturated carbocycles. The normalized spacial score (nSPS) is 12.2. The second-order valence-electron chi connectivity index (χ2n) is 8.29. The summed E-state index contributed by atoms with van der Waals surface area (Å²) in [5.74, 6) is -1.36. The van der Waals surface area contributed by atoms with Crippen LogP contribution in [-0.4, -0.2) is 22.7 Å². The summed E-state index contributed by atoms with van der Waals surface area (Å²) in [6.45, 7) is 0. The molecule has 6 nitrogen and oxygen atoms in total. The Morgan fingerprint density at radius 2 is 1.02 bits per heavy atom. The van der Waals surface area contributed by atoms with E-state index in [9.17, 15) is 36.9 Å². The lowest BCUT2D eigenvalue weighted by molar-refractivity contribution is -0.275. The molecule has 0 saturated heterocycles. The van der Waals surface area contributed by atoms with Crippen LogP contribution in [0, 0.1) is 22.7 Å². The van der Waals surface area contributed by atoms with Crippen LogP contribution < -0.4 is 9.47 Å². The molecule has 2 aromatic heterocycles. The van der Waals surface area contributed by atoms with Gasteiger partial charge in [0.05, 0.1) is 11.4 Å². The number of pyridine rings is 2. The number of nitriles is 2. The van der Waals surface area contributed by atoms with Crippen molar-refractivity contribution in [1.82, 2.24) is 9.97 Å². The van der Waals surface area contributed by atoms with Crippen LogP contribution in [0.3, 0.4) is 0 Å². The van der Waals surface area contributed by atoms with Crippen molar-refractivity contribution in [2.75, 3.05) is 0 Å². The van der Waals surface area contributed by atoms with Gasteiger partial charge in [-0.3, -0.25) is 9.97 Å². The van der Waals surface area contributed by atoms with Crippen LogP contribution >= 0.6 is 0 Å². The van der Waals surface area contributed by atoms with Crippen molar-refractivity contribution >= 4 is 5.57 Å². The van der Waals surface area contributed by atoms with Gasteiger partial charge in [-0.15, -0.1) is 26.3 Å². The fourth-order valence-corrected chi connectivity index (χ4v) is 4.43. The average Bonchev–Trinajstić information content (AvgIpc) is 3.20. The molecule has 2 heterocycles. The first-order chi connectivity index (χ1) is 19.0. The number of aromatic nitrogens is 2. The second-order valence-corrected chi connectivity index (χ2v) is 8.29. The predicted octanol–water partition coefficient (Wildman–Crippen LogP) is 7.44. The number of fused-ring (bicyclic) bond motifs is 3. The number of benzene rings is 2. The van der Waals surface area contributed by atoms with E-state index in [4.69, 9.17) is 0 Å². The summed E-state index contributed by atoms with van der Waals surface area (Å²) < 4.78 is 89.0. The zero-order valence-electron chi connectivity index (χ0n) is 19.8. The van der Waals surface area contributed by atoms with E-state index < -0.39 is 29.8 Å². The molecule has 198 valence electrons. The lowest BCUT2D eigenvalue weighted by atomic mass is 9.96. The topological polar surface area (TPSA) is 91.8 Å². The number of rotatable bonds is 4. The van der Waals surface area contributed by atoms with Gasteiger partial charge in [0, 0.05) is 29.1 Å². The van der Waals surface area contributed by atoms with E-state index >= 15 is 0 Å². The molecule has 5 rings (SSSR count). The Labute approximate surface area is 222 Å². The molecule has 0 aliphatic heterocycles. The highest BCUT2D eigenvalue weighted by molar-refractivity contribution is 6.07. The molecule has 0 N–H and O–H groups in total. The highest BCUT2D eigenvalue weighted by Gasteiger charge is 2.37. The van der Waals surface area contributed by atoms with E-state index in [1.807, 2.05) is 0 Å². The lowest BCUT2D eigenvalue weighted by Crippen LogP contribution is -2.18. The third-order valence-corrected chi connectivity index (χ3v) is 5.87. The van der Waals surface area contributed by atoms with E-state index in [1.54, 1.807) is 36.4 Å². The van der Waals surface area contributed by atoms with Gasteiger partial charge in [-0.1, -0.05) is 12.1 Å². The Bertz CT molecular complexity index is 1610. The molecule has 2 aromatic carbocycles. The van der Waals surface area contributed by atoms with E-state index in [2.05, 4.69) is 19.4 Å². The standard InChI is InChI=1S/C28H12F6N4O2/c29-27(30,31)39-24-11-18-16(9-20(24)22-5-1-3-7-37-22)17-10-21(23-6-2-4-8-38-23)25(40-28(32,33)34)12-19(17)26(18)15(13-35)14-36/h1-12H. The first-order valence-corrected chi connectivity index (χ1v) is 11.2. The van der Waals surface area contributed by atoms with Gasteiger partial charge in [0.1, 0.15) is 29.2 Å². The van der Waals surface area contributed by atoms with E-state index in [1.165, 1.54) is 36.7 Å². The summed E-state index contributed by atoms with van der Waals surface area (Å²) in [6.07, 6.45) is -7.49. The summed E-state index contributed by atoms with van der Waals surface area (Å²) in [5.41, 5.74) is -0.202. The van der Waals surface area contributed by atoms with Crippen molar-refractivity contribution in [3.8, 4) is 57.3 Å². The molecule has 0 unspecified atom stereocenters. The van der Waals surface area contributed by atoms with Gasteiger partial charge in [0.15, 0.2) is 0 Å². The Morgan fingerprint density at radius 1 is 0.600 bits per heavy atom. The number of hydrogen-bond acceptors (Lipinski definition) is 6. The number of alkyl halides is 6. The van der Waals surface area contributed by atoms with Gasteiger partial charge >= 0.3 is 12.7 Å². The third-order valence-electron chi connectivity index (χ3n) is 5.87. The molecule has 1 aliphatic rings. The number of ether oxygens (including phenoxy) is 2. The van der Waals surface area contributed by atoms with Gasteiger partial charge in [0.2, 0.25) is 0 Å². The quantitative estimate of drug-likeness (QED) is 0.171. The number of allylic oxidation sites excluding steroid dienone is 1. The summed E-state index contributed by atoms with van der Waals surface area (Å²) in [6, 6.07) is 17.1. The second kappa shape index (κ2) is 9.75. The van der Waals surface area contributed by atoms with Gasteiger partial charge < -0.3 is 9.47 Å². The fraction of sp³-hybridized carbons (Fsp3) is 0.0714. The van der Waals surface area contributed by atoms with Crippen LogP contribution in [0.15, 0.2) is 78.6 Å². The van der Waals surface area contributed by atoms with Gasteiger partial charge in [-0.2, -0.15) is 10.5 Å². The van der Waals surface area contributed by atoms with Gasteiger partial charge in [0.25, 0.3) is 0 Å². The zero-order chi connectivity index (χ0) is 28.7. The SMILES string of the molecule is N#CC(C#N)=C1c2cc(OC(F)(F)F)c(-c3ccccn3)cc2-c2cc(-c3ccccn3)c(OC(F)(F)F)cc21. The van der Waals surface area contributed by atoms with Crippen molar-refractivity contribution in [1.29, 1.82) is 10.5 Å². The number of nitrogens with zero attached hydrogens (tertiary/aromatic N) is 4. The van der Waals surface area contributed by atoms with E-state index in [0.717, 1.165) is 12.1 Å². The molecule has 0 fully saturated rings. The van der Waals surface area contributed by atoms with Crippen LogP contribution in [0.2, 0.25) is 0 Å². The molecule has 0 radical (unpaired) electrons. The van der Waals surface area contributed by atoms with Crippen LogP contribution in [0.5, 0.6) is 11.5 Å². The minimum absolute atomic E-state index is 0.0249. The molecule has 0 bridgehead atoms. The molecular weight excluding hydrogens is 538 g/mol. The maximum Gasteiger partial charge on any atom is 0.573 e. The van der Waals surface area contributed by atoms with Crippen LogP contribution in [0.1, 0.15) is 11.1 Å². The Morgan fingerprint density at radius 3 is 1.35 bits per heavy atom. The summed E-state index contributed by atoms with van der Waals surface area (Å²) in [7, 11) is 0. The minimum atomic E-state index is -5.11. The number of hydrogen-bond donors (Lipinski definition) is 0. The molecule has 40 heavy (non-hydrogen) atoms. The smallest absolute Gasteiger partial charge is 0.405 e. The molecule has 0 atom stereocenters. The number of halogens is 6. The molecule has 4 aromatic rings. The monoisotopic (exact) mass is 550 g/mol. The van der Waals surface area contributed by atoms with Crippen molar-refractivity contribution in [3.63, 3.8) is 0 Å². The largest absolute Gasteiger partial charge is 0.573 e. The van der Waals surface area contributed by atoms with E-state index in [-0.39, 0.29) is 50.3 Å². The Hall–Kier alpha value is -5.36. The van der Waals surface area contributed by atoms with Crippen LogP contribution in [0.25, 0.3) is 39.2 Å².